The zero-order valence-corrected chi connectivity index (χ0v) is 18.9. The van der Waals surface area contributed by atoms with Crippen LogP contribution in [0.1, 0.15) is 51.8 Å². The standard InChI is InChI=1S/C27H28N4O2/c1-19-23-12-13-24(32)31(17-14-20-8-4-2-5-9-20)26(23)29-25(28-19)22-15-16-30(18-22)27(33)21-10-6-3-7-11-21/h2-11,22H,12-18H2,1H3/t22-/m1/s1. The van der Waals surface area contributed by atoms with Crippen LogP contribution in [0, 0.1) is 6.92 Å². The molecule has 0 saturated carbocycles. The highest BCUT2D eigenvalue weighted by Crippen LogP contribution is 2.32. The lowest BCUT2D eigenvalue weighted by molar-refractivity contribution is -0.118. The zero-order valence-electron chi connectivity index (χ0n) is 18.9. The number of hydrogen-bond donors (Lipinski definition) is 0. The summed E-state index contributed by atoms with van der Waals surface area (Å²) in [6.45, 7) is 3.91. The molecule has 33 heavy (non-hydrogen) atoms. The average Bonchev–Trinajstić information content (AvgIpc) is 3.34. The van der Waals surface area contributed by atoms with E-state index in [1.54, 1.807) is 0 Å². The van der Waals surface area contributed by atoms with E-state index in [-0.39, 0.29) is 17.7 Å². The van der Waals surface area contributed by atoms with Gasteiger partial charge >= 0.3 is 0 Å². The van der Waals surface area contributed by atoms with Crippen molar-refractivity contribution in [3.8, 4) is 0 Å². The first-order chi connectivity index (χ1) is 16.1. The quantitative estimate of drug-likeness (QED) is 0.603. The first-order valence-electron chi connectivity index (χ1n) is 11.7. The fraction of sp³-hybridized carbons (Fsp3) is 0.333. The van der Waals surface area contributed by atoms with Gasteiger partial charge in [-0.05, 0) is 43.9 Å². The molecule has 6 heteroatoms. The van der Waals surface area contributed by atoms with Crippen LogP contribution in [0.4, 0.5) is 5.82 Å². The largest absolute Gasteiger partial charge is 0.338 e. The summed E-state index contributed by atoms with van der Waals surface area (Å²) in [7, 11) is 0. The van der Waals surface area contributed by atoms with Crippen molar-refractivity contribution in [1.29, 1.82) is 0 Å². The predicted molar refractivity (Wildman–Crippen MR) is 127 cm³/mol. The molecule has 0 N–H and O–H groups in total. The van der Waals surface area contributed by atoms with Crippen LogP contribution in [0.5, 0.6) is 0 Å². The molecule has 2 aromatic carbocycles. The van der Waals surface area contributed by atoms with E-state index >= 15 is 0 Å². The van der Waals surface area contributed by atoms with Gasteiger partial charge in [0.25, 0.3) is 5.91 Å². The average molecular weight is 441 g/mol. The Labute approximate surface area is 194 Å². The van der Waals surface area contributed by atoms with E-state index in [2.05, 4.69) is 12.1 Å². The van der Waals surface area contributed by atoms with Crippen molar-refractivity contribution in [1.82, 2.24) is 14.9 Å². The molecular formula is C27H28N4O2. The Hall–Kier alpha value is -3.54. The molecule has 3 aromatic rings. The summed E-state index contributed by atoms with van der Waals surface area (Å²) >= 11 is 0. The topological polar surface area (TPSA) is 66.4 Å². The lowest BCUT2D eigenvalue weighted by Gasteiger charge is -2.30. The van der Waals surface area contributed by atoms with E-state index in [9.17, 15) is 9.59 Å². The van der Waals surface area contributed by atoms with E-state index in [0.717, 1.165) is 35.7 Å². The monoisotopic (exact) mass is 440 g/mol. The van der Waals surface area contributed by atoms with Crippen LogP contribution >= 0.6 is 0 Å². The number of aromatic nitrogens is 2. The van der Waals surface area contributed by atoms with E-state index in [0.29, 0.717) is 38.0 Å². The van der Waals surface area contributed by atoms with Crippen molar-refractivity contribution in [2.75, 3.05) is 24.5 Å². The molecule has 0 bridgehead atoms. The van der Waals surface area contributed by atoms with Crippen LogP contribution < -0.4 is 4.90 Å². The molecule has 6 nitrogen and oxygen atoms in total. The number of benzene rings is 2. The number of carbonyl (C=O) groups is 2. The molecule has 5 rings (SSSR count). The maximum absolute atomic E-state index is 12.9. The van der Waals surface area contributed by atoms with Gasteiger partial charge in [-0.15, -0.1) is 0 Å². The van der Waals surface area contributed by atoms with Gasteiger partial charge in [0.1, 0.15) is 11.6 Å². The first kappa shape index (κ1) is 21.3. The summed E-state index contributed by atoms with van der Waals surface area (Å²) in [6.07, 6.45) is 2.79. The van der Waals surface area contributed by atoms with Crippen molar-refractivity contribution in [3.63, 3.8) is 0 Å². The van der Waals surface area contributed by atoms with Crippen LogP contribution in [-0.4, -0.2) is 46.3 Å². The summed E-state index contributed by atoms with van der Waals surface area (Å²) in [6, 6.07) is 19.6. The molecule has 1 saturated heterocycles. The van der Waals surface area contributed by atoms with Crippen LogP contribution in [0.2, 0.25) is 0 Å². The molecule has 0 spiro atoms. The Balaban J connectivity index is 1.37. The minimum atomic E-state index is 0.0486. The molecule has 2 amide bonds. The molecule has 0 aliphatic carbocycles. The molecule has 2 aliphatic heterocycles. The number of likely N-dealkylation sites (tertiary alicyclic amines) is 1. The third-order valence-corrected chi connectivity index (χ3v) is 6.68. The number of amides is 2. The SMILES string of the molecule is Cc1nc([C@@H]2CCN(C(=O)c3ccccc3)C2)nc2c1CCC(=O)N2CCc1ccccc1. The highest BCUT2D eigenvalue weighted by atomic mass is 16.2. The van der Waals surface area contributed by atoms with Crippen LogP contribution in [0.3, 0.4) is 0 Å². The van der Waals surface area contributed by atoms with Gasteiger partial charge in [-0.25, -0.2) is 9.97 Å². The summed E-state index contributed by atoms with van der Waals surface area (Å²) in [5, 5.41) is 0. The van der Waals surface area contributed by atoms with Gasteiger partial charge in [-0.2, -0.15) is 0 Å². The summed E-state index contributed by atoms with van der Waals surface area (Å²) in [4.78, 5) is 39.2. The van der Waals surface area contributed by atoms with E-state index in [4.69, 9.17) is 9.97 Å². The Morgan fingerprint density at radius 3 is 2.48 bits per heavy atom. The van der Waals surface area contributed by atoms with Gasteiger partial charge < -0.3 is 4.90 Å². The number of carbonyl (C=O) groups excluding carboxylic acids is 2. The second-order valence-electron chi connectivity index (χ2n) is 8.85. The predicted octanol–water partition coefficient (Wildman–Crippen LogP) is 3.94. The number of rotatable bonds is 5. The highest BCUT2D eigenvalue weighted by Gasteiger charge is 2.33. The summed E-state index contributed by atoms with van der Waals surface area (Å²) in [5.41, 5.74) is 3.93. The second-order valence-corrected chi connectivity index (χ2v) is 8.85. The molecule has 1 atom stereocenters. The van der Waals surface area contributed by atoms with Gasteiger partial charge in [0, 0.05) is 48.8 Å². The van der Waals surface area contributed by atoms with Crippen molar-refractivity contribution in [2.45, 2.75) is 38.5 Å². The number of anilines is 1. The molecule has 1 fully saturated rings. The van der Waals surface area contributed by atoms with Gasteiger partial charge in [0.05, 0.1) is 0 Å². The Bertz CT molecular complexity index is 1160. The maximum atomic E-state index is 12.9. The van der Waals surface area contributed by atoms with Gasteiger partial charge in [-0.3, -0.25) is 14.5 Å². The maximum Gasteiger partial charge on any atom is 0.253 e. The van der Waals surface area contributed by atoms with Gasteiger partial charge in [-0.1, -0.05) is 48.5 Å². The van der Waals surface area contributed by atoms with E-state index < -0.39 is 0 Å². The normalized spacial score (nSPS) is 17.8. The van der Waals surface area contributed by atoms with Crippen LogP contribution in [0.25, 0.3) is 0 Å². The fourth-order valence-electron chi connectivity index (χ4n) is 4.82. The molecular weight excluding hydrogens is 412 g/mol. The zero-order chi connectivity index (χ0) is 22.8. The Morgan fingerprint density at radius 2 is 1.73 bits per heavy atom. The van der Waals surface area contributed by atoms with Crippen molar-refractivity contribution in [3.05, 3.63) is 88.9 Å². The lowest BCUT2D eigenvalue weighted by Crippen LogP contribution is -2.38. The van der Waals surface area contributed by atoms with Crippen molar-refractivity contribution >= 4 is 17.6 Å². The molecule has 3 heterocycles. The molecule has 2 aliphatic rings. The lowest BCUT2D eigenvalue weighted by atomic mass is 10.0. The number of nitrogens with zero attached hydrogens (tertiary/aromatic N) is 4. The Morgan fingerprint density at radius 1 is 1.00 bits per heavy atom. The minimum Gasteiger partial charge on any atom is -0.338 e. The molecule has 168 valence electrons. The van der Waals surface area contributed by atoms with Crippen molar-refractivity contribution < 1.29 is 9.59 Å². The second kappa shape index (κ2) is 9.14. The number of hydrogen-bond acceptors (Lipinski definition) is 4. The molecule has 0 radical (unpaired) electrons. The number of aryl methyl sites for hydroxylation is 1. The van der Waals surface area contributed by atoms with E-state index in [1.165, 1.54) is 5.56 Å². The molecule has 0 unspecified atom stereocenters. The van der Waals surface area contributed by atoms with Gasteiger partial charge in [0.2, 0.25) is 5.91 Å². The van der Waals surface area contributed by atoms with Gasteiger partial charge in [0.15, 0.2) is 0 Å². The first-order valence-corrected chi connectivity index (χ1v) is 11.7. The smallest absolute Gasteiger partial charge is 0.253 e. The fourth-order valence-corrected chi connectivity index (χ4v) is 4.82. The van der Waals surface area contributed by atoms with E-state index in [1.807, 2.05) is 65.3 Å². The third-order valence-electron chi connectivity index (χ3n) is 6.68. The van der Waals surface area contributed by atoms with Crippen molar-refractivity contribution in [2.24, 2.45) is 0 Å². The van der Waals surface area contributed by atoms with Crippen LogP contribution in [-0.2, 0) is 17.6 Å². The summed E-state index contributed by atoms with van der Waals surface area (Å²) < 4.78 is 0. The highest BCUT2D eigenvalue weighted by molar-refractivity contribution is 5.95. The Kier molecular flexibility index (Phi) is 5.90. The third kappa shape index (κ3) is 4.38. The number of fused-ring (bicyclic) bond motifs is 1. The minimum absolute atomic E-state index is 0.0486. The summed E-state index contributed by atoms with van der Waals surface area (Å²) in [5.74, 6) is 1.75. The molecule has 1 aromatic heterocycles. The van der Waals surface area contributed by atoms with Crippen LogP contribution in [0.15, 0.2) is 60.7 Å².